The molecular weight excluding hydrogens is 429 g/mol. The molecule has 0 aliphatic heterocycles. The normalized spacial score (nSPS) is 11.7. The Labute approximate surface area is 177 Å². The standard InChI is InChI=1S/C20H20FN3O4S2/c1-13(25)14-5-8-16(9-6-14)30(27,28)24(2)11-3-4-19(26)23-20-22-17-10-7-15(21)12-18(17)29-20/h5-10,12H,3-4,11H2,1-2H3,(H,22,23,26). The molecule has 7 nitrogen and oxygen atoms in total. The van der Waals surface area contributed by atoms with Gasteiger partial charge in [-0.05, 0) is 43.7 Å². The summed E-state index contributed by atoms with van der Waals surface area (Å²) in [7, 11) is -2.28. The smallest absolute Gasteiger partial charge is 0.242 e. The second-order valence-corrected chi connectivity index (χ2v) is 9.77. The lowest BCUT2D eigenvalue weighted by molar-refractivity contribution is -0.116. The van der Waals surface area contributed by atoms with E-state index in [0.717, 1.165) is 0 Å². The van der Waals surface area contributed by atoms with E-state index in [0.29, 0.717) is 27.3 Å². The van der Waals surface area contributed by atoms with Crippen LogP contribution in [0.15, 0.2) is 47.4 Å². The predicted molar refractivity (Wildman–Crippen MR) is 114 cm³/mol. The fourth-order valence-electron chi connectivity index (χ4n) is 2.76. The maximum Gasteiger partial charge on any atom is 0.242 e. The average Bonchev–Trinajstić information content (AvgIpc) is 3.08. The van der Waals surface area contributed by atoms with Gasteiger partial charge in [-0.3, -0.25) is 9.59 Å². The van der Waals surface area contributed by atoms with Gasteiger partial charge in [0.1, 0.15) is 5.82 Å². The number of hydrogen-bond acceptors (Lipinski definition) is 6. The molecule has 3 rings (SSSR count). The van der Waals surface area contributed by atoms with Gasteiger partial charge in [0, 0.05) is 25.6 Å². The number of aromatic nitrogens is 1. The zero-order valence-electron chi connectivity index (χ0n) is 16.4. The Kier molecular flexibility index (Phi) is 6.59. The quantitative estimate of drug-likeness (QED) is 0.529. The van der Waals surface area contributed by atoms with Crippen molar-refractivity contribution in [1.82, 2.24) is 9.29 Å². The molecule has 1 amide bonds. The van der Waals surface area contributed by atoms with Crippen LogP contribution >= 0.6 is 11.3 Å². The molecule has 158 valence electrons. The van der Waals surface area contributed by atoms with Gasteiger partial charge in [0.15, 0.2) is 10.9 Å². The Morgan fingerprint density at radius 2 is 1.87 bits per heavy atom. The van der Waals surface area contributed by atoms with Crippen molar-refractivity contribution < 1.29 is 22.4 Å². The highest BCUT2D eigenvalue weighted by molar-refractivity contribution is 7.89. The average molecular weight is 450 g/mol. The molecule has 0 saturated heterocycles. The van der Waals surface area contributed by atoms with E-state index in [1.165, 1.54) is 66.0 Å². The summed E-state index contributed by atoms with van der Waals surface area (Å²) >= 11 is 1.17. The molecule has 1 aromatic heterocycles. The second-order valence-electron chi connectivity index (χ2n) is 6.69. The number of ketones is 1. The minimum Gasteiger partial charge on any atom is -0.302 e. The van der Waals surface area contributed by atoms with Gasteiger partial charge in [-0.25, -0.2) is 22.1 Å². The van der Waals surface area contributed by atoms with Crippen molar-refractivity contribution in [3.63, 3.8) is 0 Å². The van der Waals surface area contributed by atoms with Crippen LogP contribution in [0.25, 0.3) is 10.2 Å². The first-order chi connectivity index (χ1) is 14.2. The van der Waals surface area contributed by atoms with Gasteiger partial charge in [0.25, 0.3) is 0 Å². The van der Waals surface area contributed by atoms with Crippen LogP contribution in [0.4, 0.5) is 9.52 Å². The third-order valence-electron chi connectivity index (χ3n) is 4.44. The summed E-state index contributed by atoms with van der Waals surface area (Å²) < 4.78 is 40.3. The molecule has 1 heterocycles. The lowest BCUT2D eigenvalue weighted by atomic mass is 10.2. The molecule has 0 unspecified atom stereocenters. The Bertz CT molecular complexity index is 1190. The number of Topliss-reactive ketones (excluding diaryl/α,β-unsaturated/α-hetero) is 1. The first-order valence-corrected chi connectivity index (χ1v) is 11.4. The number of benzene rings is 2. The molecule has 0 bridgehead atoms. The van der Waals surface area contributed by atoms with Gasteiger partial charge in [0.2, 0.25) is 15.9 Å². The van der Waals surface area contributed by atoms with Gasteiger partial charge >= 0.3 is 0 Å². The SMILES string of the molecule is CC(=O)c1ccc(S(=O)(=O)N(C)CCCC(=O)Nc2nc3ccc(F)cc3s2)cc1. The molecule has 30 heavy (non-hydrogen) atoms. The molecule has 0 spiro atoms. The van der Waals surface area contributed by atoms with Gasteiger partial charge in [-0.2, -0.15) is 0 Å². The molecule has 0 aliphatic carbocycles. The number of thiazole rings is 1. The van der Waals surface area contributed by atoms with Crippen LogP contribution < -0.4 is 5.32 Å². The second kappa shape index (κ2) is 8.99. The number of amides is 1. The van der Waals surface area contributed by atoms with Crippen LogP contribution in [-0.4, -0.2) is 43.0 Å². The number of halogens is 1. The molecule has 0 aliphatic rings. The third kappa shape index (κ3) is 5.07. The van der Waals surface area contributed by atoms with E-state index < -0.39 is 10.0 Å². The number of anilines is 1. The number of hydrogen-bond donors (Lipinski definition) is 1. The van der Waals surface area contributed by atoms with Crippen LogP contribution in [-0.2, 0) is 14.8 Å². The van der Waals surface area contributed by atoms with Crippen molar-refractivity contribution in [3.05, 3.63) is 53.8 Å². The molecule has 10 heteroatoms. The van der Waals surface area contributed by atoms with E-state index in [9.17, 15) is 22.4 Å². The number of fused-ring (bicyclic) bond motifs is 1. The van der Waals surface area contributed by atoms with E-state index in [1.807, 2.05) is 0 Å². The molecule has 0 radical (unpaired) electrons. The molecule has 1 N–H and O–H groups in total. The summed E-state index contributed by atoms with van der Waals surface area (Å²) in [6.07, 6.45) is 0.417. The lowest BCUT2D eigenvalue weighted by Gasteiger charge is -2.17. The highest BCUT2D eigenvalue weighted by atomic mass is 32.2. The van der Waals surface area contributed by atoms with Crippen LogP contribution in [0.1, 0.15) is 30.1 Å². The number of carbonyl (C=O) groups excluding carboxylic acids is 2. The zero-order valence-corrected chi connectivity index (χ0v) is 18.0. The number of sulfonamides is 1. The van der Waals surface area contributed by atoms with E-state index >= 15 is 0 Å². The highest BCUT2D eigenvalue weighted by Crippen LogP contribution is 2.26. The number of carbonyl (C=O) groups is 2. The van der Waals surface area contributed by atoms with E-state index in [2.05, 4.69) is 10.3 Å². The van der Waals surface area contributed by atoms with Crippen molar-refractivity contribution in [2.75, 3.05) is 18.9 Å². The fourth-order valence-corrected chi connectivity index (χ4v) is 4.87. The van der Waals surface area contributed by atoms with Crippen LogP contribution in [0.5, 0.6) is 0 Å². The number of rotatable bonds is 8. The van der Waals surface area contributed by atoms with Crippen LogP contribution in [0, 0.1) is 5.82 Å². The minimum absolute atomic E-state index is 0.0844. The lowest BCUT2D eigenvalue weighted by Crippen LogP contribution is -2.28. The maximum absolute atomic E-state index is 13.2. The zero-order chi connectivity index (χ0) is 21.9. The Morgan fingerprint density at radius 1 is 1.17 bits per heavy atom. The van der Waals surface area contributed by atoms with E-state index in [1.54, 1.807) is 6.07 Å². The number of nitrogens with one attached hydrogen (secondary N) is 1. The summed E-state index contributed by atoms with van der Waals surface area (Å²) in [6.45, 7) is 1.56. The monoisotopic (exact) mass is 449 g/mol. The first-order valence-electron chi connectivity index (χ1n) is 9.10. The van der Waals surface area contributed by atoms with E-state index in [4.69, 9.17) is 0 Å². The van der Waals surface area contributed by atoms with Crippen molar-refractivity contribution in [2.24, 2.45) is 0 Å². The molecule has 3 aromatic rings. The Hall–Kier alpha value is -2.69. The van der Waals surface area contributed by atoms with Gasteiger partial charge in [0.05, 0.1) is 15.1 Å². The molecule has 0 saturated carbocycles. The van der Waals surface area contributed by atoms with E-state index in [-0.39, 0.29) is 35.4 Å². The Balaban J connectivity index is 1.54. The topological polar surface area (TPSA) is 96.4 Å². The largest absolute Gasteiger partial charge is 0.302 e. The third-order valence-corrected chi connectivity index (χ3v) is 7.25. The molecule has 0 atom stereocenters. The Morgan fingerprint density at radius 3 is 2.53 bits per heavy atom. The van der Waals surface area contributed by atoms with Crippen LogP contribution in [0.3, 0.4) is 0 Å². The summed E-state index contributed by atoms with van der Waals surface area (Å²) in [5.74, 6) is -0.813. The summed E-state index contributed by atoms with van der Waals surface area (Å²) in [4.78, 5) is 27.8. The van der Waals surface area contributed by atoms with Gasteiger partial charge in [-0.15, -0.1) is 0 Å². The maximum atomic E-state index is 13.2. The number of nitrogens with zero attached hydrogens (tertiary/aromatic N) is 2. The fraction of sp³-hybridized carbons (Fsp3) is 0.250. The molecule has 0 fully saturated rings. The minimum atomic E-state index is -3.72. The first kappa shape index (κ1) is 22.0. The summed E-state index contributed by atoms with van der Waals surface area (Å²) in [5, 5.41) is 3.03. The van der Waals surface area contributed by atoms with Crippen molar-refractivity contribution in [3.8, 4) is 0 Å². The predicted octanol–water partition coefficient (Wildman–Crippen LogP) is 3.68. The van der Waals surface area contributed by atoms with Crippen molar-refractivity contribution >= 4 is 48.4 Å². The van der Waals surface area contributed by atoms with Gasteiger partial charge in [-0.1, -0.05) is 23.5 Å². The summed E-state index contributed by atoms with van der Waals surface area (Å²) in [5.41, 5.74) is 1.03. The van der Waals surface area contributed by atoms with Crippen molar-refractivity contribution in [2.45, 2.75) is 24.7 Å². The molecular formula is C20H20FN3O4S2. The van der Waals surface area contributed by atoms with Crippen molar-refractivity contribution in [1.29, 1.82) is 0 Å². The van der Waals surface area contributed by atoms with Crippen LogP contribution in [0.2, 0.25) is 0 Å². The highest BCUT2D eigenvalue weighted by Gasteiger charge is 2.21. The van der Waals surface area contributed by atoms with Gasteiger partial charge < -0.3 is 5.32 Å². The summed E-state index contributed by atoms with van der Waals surface area (Å²) in [6, 6.07) is 9.93. The molecule has 2 aromatic carbocycles.